The van der Waals surface area contributed by atoms with Crippen molar-refractivity contribution >= 4 is 0 Å². The monoisotopic (exact) mass is 151 g/mol. The van der Waals surface area contributed by atoms with Gasteiger partial charge in [0.15, 0.2) is 0 Å². The van der Waals surface area contributed by atoms with Crippen LogP contribution in [-0.4, -0.2) is 9.78 Å². The van der Waals surface area contributed by atoms with Gasteiger partial charge in [0.1, 0.15) is 0 Å². The fourth-order valence-corrected chi connectivity index (χ4v) is 0.852. The highest BCUT2D eigenvalue weighted by Crippen LogP contribution is 2.18. The van der Waals surface area contributed by atoms with E-state index in [1.54, 1.807) is 0 Å². The average Bonchev–Trinajstić information content (AvgIpc) is 2.32. The van der Waals surface area contributed by atoms with Crippen molar-refractivity contribution in [3.8, 4) is 0 Å². The number of hydrogen-bond acceptors (Lipinski definition) is 1. The van der Waals surface area contributed by atoms with Crippen molar-refractivity contribution in [3.63, 3.8) is 0 Å². The molecule has 0 saturated carbocycles. The van der Waals surface area contributed by atoms with Crippen molar-refractivity contribution in [2.75, 3.05) is 0 Å². The maximum absolute atomic E-state index is 4.36. The van der Waals surface area contributed by atoms with Gasteiger partial charge in [0.25, 0.3) is 0 Å². The molecule has 61 valence electrons. The number of aromatic nitrogens is 2. The third-order valence-corrected chi connectivity index (χ3v) is 1.65. The van der Waals surface area contributed by atoms with Gasteiger partial charge in [0.05, 0.1) is 11.9 Å². The summed E-state index contributed by atoms with van der Waals surface area (Å²) in [6.07, 6.45) is 3.07. The van der Waals surface area contributed by atoms with Gasteiger partial charge in [-0.3, -0.25) is 4.68 Å². The van der Waals surface area contributed by atoms with Gasteiger partial charge in [-0.05, 0) is 13.0 Å². The summed E-state index contributed by atoms with van der Waals surface area (Å²) in [5, 5.41) is 4.36. The molecule has 11 heavy (non-hydrogen) atoms. The van der Waals surface area contributed by atoms with Gasteiger partial charge in [0.2, 0.25) is 0 Å². The summed E-state index contributed by atoms with van der Waals surface area (Å²) in [6, 6.07) is 1.96. The quantitative estimate of drug-likeness (QED) is 0.600. The SMILES string of the molecule is CCn1[c]cc(C(C)(C)C)n1. The van der Waals surface area contributed by atoms with Crippen LogP contribution in [0.4, 0.5) is 0 Å². The van der Waals surface area contributed by atoms with Crippen LogP contribution in [0.25, 0.3) is 0 Å². The first-order valence-electron chi connectivity index (χ1n) is 4.00. The zero-order valence-corrected chi connectivity index (χ0v) is 7.68. The molecule has 1 rings (SSSR count). The molecule has 2 heteroatoms. The first-order chi connectivity index (χ1) is 5.04. The van der Waals surface area contributed by atoms with Crippen LogP contribution in [0.2, 0.25) is 0 Å². The highest BCUT2D eigenvalue weighted by molar-refractivity contribution is 5.09. The van der Waals surface area contributed by atoms with E-state index in [0.29, 0.717) is 0 Å². The minimum absolute atomic E-state index is 0.150. The Bertz CT molecular complexity index is 230. The second-order valence-corrected chi connectivity index (χ2v) is 3.72. The van der Waals surface area contributed by atoms with Gasteiger partial charge in [-0.15, -0.1) is 0 Å². The molecular formula is C9H15N2. The molecule has 0 aromatic carbocycles. The van der Waals surface area contributed by atoms with E-state index >= 15 is 0 Å². The Morgan fingerprint density at radius 3 is 2.45 bits per heavy atom. The van der Waals surface area contributed by atoms with E-state index in [1.165, 1.54) is 0 Å². The number of aryl methyl sites for hydroxylation is 1. The van der Waals surface area contributed by atoms with Gasteiger partial charge in [-0.25, -0.2) is 0 Å². The van der Waals surface area contributed by atoms with Gasteiger partial charge in [0, 0.05) is 12.0 Å². The summed E-state index contributed by atoms with van der Waals surface area (Å²) in [5.41, 5.74) is 1.26. The predicted molar refractivity (Wildman–Crippen MR) is 45.4 cm³/mol. The molecule has 1 heterocycles. The molecule has 1 aromatic rings. The normalized spacial score (nSPS) is 12.0. The van der Waals surface area contributed by atoms with E-state index in [0.717, 1.165) is 12.2 Å². The molecule has 2 nitrogen and oxygen atoms in total. The topological polar surface area (TPSA) is 17.8 Å². The van der Waals surface area contributed by atoms with Gasteiger partial charge in [-0.1, -0.05) is 20.8 Å². The largest absolute Gasteiger partial charge is 0.263 e. The van der Waals surface area contributed by atoms with E-state index in [2.05, 4.69) is 39.0 Å². The van der Waals surface area contributed by atoms with Crippen LogP contribution in [0.15, 0.2) is 6.07 Å². The molecule has 0 aliphatic heterocycles. The predicted octanol–water partition coefficient (Wildman–Crippen LogP) is 2.00. The minimum atomic E-state index is 0.150. The van der Waals surface area contributed by atoms with Crippen molar-refractivity contribution in [1.82, 2.24) is 9.78 Å². The van der Waals surface area contributed by atoms with Crippen LogP contribution in [0, 0.1) is 6.20 Å². The Kier molecular flexibility index (Phi) is 2.03. The van der Waals surface area contributed by atoms with Gasteiger partial charge < -0.3 is 0 Å². The fraction of sp³-hybridized carbons (Fsp3) is 0.667. The molecule has 0 aliphatic carbocycles. The summed E-state index contributed by atoms with van der Waals surface area (Å²) in [6.45, 7) is 9.43. The average molecular weight is 151 g/mol. The summed E-state index contributed by atoms with van der Waals surface area (Å²) >= 11 is 0. The summed E-state index contributed by atoms with van der Waals surface area (Å²) in [7, 11) is 0. The molecule has 0 saturated heterocycles. The molecule has 0 amide bonds. The second kappa shape index (κ2) is 2.68. The van der Waals surface area contributed by atoms with E-state index < -0.39 is 0 Å². The van der Waals surface area contributed by atoms with Crippen LogP contribution in [0.3, 0.4) is 0 Å². The Morgan fingerprint density at radius 2 is 2.18 bits per heavy atom. The standard InChI is InChI=1S/C9H15N2/c1-5-11-7-6-8(10-11)9(2,3)4/h6H,5H2,1-4H3. The molecule has 0 atom stereocenters. The lowest BCUT2D eigenvalue weighted by Gasteiger charge is -2.13. The van der Waals surface area contributed by atoms with E-state index in [-0.39, 0.29) is 5.41 Å². The highest BCUT2D eigenvalue weighted by Gasteiger charge is 2.16. The first-order valence-corrected chi connectivity index (χ1v) is 4.00. The molecule has 0 bridgehead atoms. The van der Waals surface area contributed by atoms with Crippen LogP contribution in [0.1, 0.15) is 33.4 Å². The molecule has 0 N–H and O–H groups in total. The number of rotatable bonds is 1. The maximum Gasteiger partial charge on any atom is 0.0866 e. The zero-order valence-electron chi connectivity index (χ0n) is 7.68. The Hall–Kier alpha value is -0.790. The lowest BCUT2D eigenvalue weighted by molar-refractivity contribution is 0.540. The van der Waals surface area contributed by atoms with Crippen molar-refractivity contribution < 1.29 is 0 Å². The maximum atomic E-state index is 4.36. The van der Waals surface area contributed by atoms with E-state index in [4.69, 9.17) is 0 Å². The molecule has 1 radical (unpaired) electrons. The smallest absolute Gasteiger partial charge is 0.0866 e. The highest BCUT2D eigenvalue weighted by atomic mass is 15.3. The third kappa shape index (κ3) is 1.82. The van der Waals surface area contributed by atoms with E-state index in [9.17, 15) is 0 Å². The van der Waals surface area contributed by atoms with Crippen molar-refractivity contribution in [2.24, 2.45) is 0 Å². The Morgan fingerprint density at radius 1 is 1.55 bits per heavy atom. The zero-order chi connectivity index (χ0) is 8.48. The summed E-state index contributed by atoms with van der Waals surface area (Å²) in [4.78, 5) is 0. The van der Waals surface area contributed by atoms with Crippen LogP contribution in [0.5, 0.6) is 0 Å². The van der Waals surface area contributed by atoms with Crippen molar-refractivity contribution in [2.45, 2.75) is 39.7 Å². The van der Waals surface area contributed by atoms with Crippen LogP contribution < -0.4 is 0 Å². The Labute approximate surface area is 68.2 Å². The van der Waals surface area contributed by atoms with Crippen molar-refractivity contribution in [3.05, 3.63) is 18.0 Å². The molecule has 1 aromatic heterocycles. The minimum Gasteiger partial charge on any atom is -0.263 e. The number of nitrogens with zero attached hydrogens (tertiary/aromatic N) is 2. The summed E-state index contributed by atoms with van der Waals surface area (Å²) < 4.78 is 1.83. The molecule has 0 aliphatic rings. The van der Waals surface area contributed by atoms with Gasteiger partial charge in [-0.2, -0.15) is 5.10 Å². The summed E-state index contributed by atoms with van der Waals surface area (Å²) in [5.74, 6) is 0. The third-order valence-electron chi connectivity index (χ3n) is 1.65. The second-order valence-electron chi connectivity index (χ2n) is 3.72. The molecule has 0 unspecified atom stereocenters. The molecular weight excluding hydrogens is 136 g/mol. The van der Waals surface area contributed by atoms with Crippen molar-refractivity contribution in [1.29, 1.82) is 0 Å². The molecule has 0 fully saturated rings. The fourth-order valence-electron chi connectivity index (χ4n) is 0.852. The lowest BCUT2D eigenvalue weighted by atomic mass is 9.93. The molecule has 0 spiro atoms. The van der Waals surface area contributed by atoms with Gasteiger partial charge >= 0.3 is 0 Å². The lowest BCUT2D eigenvalue weighted by Crippen LogP contribution is -2.12. The first kappa shape index (κ1) is 8.31. The number of hydrogen-bond donors (Lipinski definition) is 0. The Balaban J connectivity index is 2.89. The van der Waals surface area contributed by atoms with Crippen LogP contribution >= 0.6 is 0 Å². The van der Waals surface area contributed by atoms with Crippen LogP contribution in [-0.2, 0) is 12.0 Å². The van der Waals surface area contributed by atoms with E-state index in [1.807, 2.05) is 10.7 Å².